The van der Waals surface area contributed by atoms with Gasteiger partial charge in [0, 0.05) is 35.1 Å². The van der Waals surface area contributed by atoms with Crippen LogP contribution < -0.4 is 14.8 Å². The van der Waals surface area contributed by atoms with E-state index in [0.29, 0.717) is 37.2 Å². The van der Waals surface area contributed by atoms with Crippen molar-refractivity contribution in [1.29, 1.82) is 0 Å². The molecule has 2 atom stereocenters. The quantitative estimate of drug-likeness (QED) is 0.315. The zero-order valence-corrected chi connectivity index (χ0v) is 22.8. The first-order valence-corrected chi connectivity index (χ1v) is 14.0. The van der Waals surface area contributed by atoms with E-state index in [4.69, 9.17) is 14.2 Å². The second-order valence-electron chi connectivity index (χ2n) is 9.13. The van der Waals surface area contributed by atoms with E-state index in [-0.39, 0.29) is 17.7 Å². The summed E-state index contributed by atoms with van der Waals surface area (Å²) < 4.78 is 16.6. The maximum Gasteiger partial charge on any atom is 0.336 e. The molecule has 196 valence electrons. The number of rotatable bonds is 10. The van der Waals surface area contributed by atoms with E-state index in [1.807, 2.05) is 62.4 Å². The number of hydrogen-bond acceptors (Lipinski definition) is 7. The van der Waals surface area contributed by atoms with Crippen LogP contribution in [-0.2, 0) is 14.3 Å². The normalized spacial score (nSPS) is 19.3. The smallest absolute Gasteiger partial charge is 0.336 e. The number of allylic oxidation sites excluding steroid dienone is 3. The highest BCUT2D eigenvalue weighted by Crippen LogP contribution is 2.46. The third kappa shape index (κ3) is 6.04. The Balaban J connectivity index is 1.69. The SMILES string of the molecule is CCOc1ccc([C@@H]2C(C(=O)OCCSCC)=C(C)NC3=C2C(=O)C[C@@H](c2ccc(OC)cc2)C3)cc1. The Morgan fingerprint density at radius 3 is 2.32 bits per heavy atom. The first-order chi connectivity index (χ1) is 18.0. The summed E-state index contributed by atoms with van der Waals surface area (Å²) >= 11 is 1.73. The molecule has 2 aromatic rings. The predicted molar refractivity (Wildman–Crippen MR) is 147 cm³/mol. The van der Waals surface area contributed by atoms with Crippen molar-refractivity contribution in [2.75, 3.05) is 31.8 Å². The van der Waals surface area contributed by atoms with Gasteiger partial charge in [-0.05, 0) is 67.3 Å². The Labute approximate surface area is 223 Å². The van der Waals surface area contributed by atoms with Gasteiger partial charge < -0.3 is 19.5 Å². The summed E-state index contributed by atoms with van der Waals surface area (Å²) in [6.45, 7) is 6.82. The van der Waals surface area contributed by atoms with Gasteiger partial charge in [0.05, 0.1) is 19.3 Å². The molecule has 1 aliphatic carbocycles. The number of methoxy groups -OCH3 is 1. The molecule has 0 radical (unpaired) electrons. The second kappa shape index (κ2) is 12.4. The van der Waals surface area contributed by atoms with Crippen LogP contribution in [0.4, 0.5) is 0 Å². The Morgan fingerprint density at radius 2 is 1.68 bits per heavy atom. The summed E-state index contributed by atoms with van der Waals surface area (Å²) in [5.74, 6) is 2.49. The van der Waals surface area contributed by atoms with E-state index < -0.39 is 5.92 Å². The van der Waals surface area contributed by atoms with Crippen LogP contribution in [0.25, 0.3) is 0 Å². The van der Waals surface area contributed by atoms with Crippen LogP contribution in [0.15, 0.2) is 71.1 Å². The third-order valence-electron chi connectivity index (χ3n) is 6.82. The van der Waals surface area contributed by atoms with Crippen molar-refractivity contribution >= 4 is 23.5 Å². The molecule has 37 heavy (non-hydrogen) atoms. The molecule has 0 saturated heterocycles. The molecule has 7 heteroatoms. The highest BCUT2D eigenvalue weighted by molar-refractivity contribution is 7.99. The van der Waals surface area contributed by atoms with Crippen molar-refractivity contribution in [2.24, 2.45) is 0 Å². The summed E-state index contributed by atoms with van der Waals surface area (Å²) in [5.41, 5.74) is 4.75. The first kappa shape index (κ1) is 26.9. The number of carbonyl (C=O) groups is 2. The molecule has 1 heterocycles. The second-order valence-corrected chi connectivity index (χ2v) is 10.5. The van der Waals surface area contributed by atoms with Crippen LogP contribution >= 0.6 is 11.8 Å². The van der Waals surface area contributed by atoms with Crippen molar-refractivity contribution in [3.63, 3.8) is 0 Å². The zero-order valence-electron chi connectivity index (χ0n) is 22.0. The molecule has 2 aromatic carbocycles. The minimum atomic E-state index is -0.484. The van der Waals surface area contributed by atoms with Gasteiger partial charge in [-0.3, -0.25) is 4.79 Å². The lowest BCUT2D eigenvalue weighted by molar-refractivity contribution is -0.138. The maximum absolute atomic E-state index is 13.7. The Kier molecular flexibility index (Phi) is 8.98. The number of thioether (sulfide) groups is 1. The zero-order chi connectivity index (χ0) is 26.4. The van der Waals surface area contributed by atoms with E-state index in [1.165, 1.54) is 0 Å². The monoisotopic (exact) mass is 521 g/mol. The highest BCUT2D eigenvalue weighted by Gasteiger charge is 2.41. The minimum Gasteiger partial charge on any atom is -0.497 e. The maximum atomic E-state index is 13.7. The fourth-order valence-electron chi connectivity index (χ4n) is 5.09. The first-order valence-electron chi connectivity index (χ1n) is 12.8. The van der Waals surface area contributed by atoms with Gasteiger partial charge in [-0.25, -0.2) is 4.79 Å². The van der Waals surface area contributed by atoms with Gasteiger partial charge in [0.1, 0.15) is 18.1 Å². The summed E-state index contributed by atoms with van der Waals surface area (Å²) in [5, 5.41) is 3.42. The fraction of sp³-hybridized carbons (Fsp3) is 0.400. The van der Waals surface area contributed by atoms with E-state index in [2.05, 4.69) is 12.2 Å². The fourth-order valence-corrected chi connectivity index (χ4v) is 5.58. The van der Waals surface area contributed by atoms with E-state index in [1.54, 1.807) is 18.9 Å². The number of nitrogens with one attached hydrogen (secondary N) is 1. The lowest BCUT2D eigenvalue weighted by Crippen LogP contribution is -2.36. The van der Waals surface area contributed by atoms with Crippen LogP contribution in [0.3, 0.4) is 0 Å². The van der Waals surface area contributed by atoms with Crippen LogP contribution in [-0.4, -0.2) is 43.6 Å². The van der Waals surface area contributed by atoms with Gasteiger partial charge in [-0.15, -0.1) is 0 Å². The van der Waals surface area contributed by atoms with Gasteiger partial charge in [0.25, 0.3) is 0 Å². The molecule has 0 saturated carbocycles. The Morgan fingerprint density at radius 1 is 1.00 bits per heavy atom. The van der Waals surface area contributed by atoms with E-state index in [9.17, 15) is 9.59 Å². The molecule has 0 bridgehead atoms. The molecule has 1 aliphatic heterocycles. The number of esters is 1. The Bertz CT molecular complexity index is 1180. The number of carbonyl (C=O) groups excluding carboxylic acids is 2. The van der Waals surface area contributed by atoms with Crippen molar-refractivity contribution in [3.05, 3.63) is 82.2 Å². The lowest BCUT2D eigenvalue weighted by atomic mass is 9.71. The van der Waals surface area contributed by atoms with Gasteiger partial charge >= 0.3 is 5.97 Å². The summed E-state index contributed by atoms with van der Waals surface area (Å²) in [6, 6.07) is 15.6. The molecule has 0 spiro atoms. The van der Waals surface area contributed by atoms with Crippen LogP contribution in [0.5, 0.6) is 11.5 Å². The van der Waals surface area contributed by atoms with Gasteiger partial charge in [-0.2, -0.15) is 11.8 Å². The molecular formula is C30H35NO5S. The molecule has 0 fully saturated rings. The number of dihydropyridines is 1. The summed E-state index contributed by atoms with van der Waals surface area (Å²) in [7, 11) is 1.64. The van der Waals surface area contributed by atoms with Gasteiger partial charge in [0.15, 0.2) is 5.78 Å². The van der Waals surface area contributed by atoms with Crippen molar-refractivity contribution in [2.45, 2.75) is 45.4 Å². The number of hydrogen-bond donors (Lipinski definition) is 1. The van der Waals surface area contributed by atoms with Gasteiger partial charge in [-0.1, -0.05) is 31.2 Å². The van der Waals surface area contributed by atoms with Crippen LogP contribution in [0.1, 0.15) is 56.6 Å². The number of ether oxygens (including phenoxy) is 3. The number of benzene rings is 2. The molecule has 1 N–H and O–H groups in total. The van der Waals surface area contributed by atoms with Crippen molar-refractivity contribution < 1.29 is 23.8 Å². The average Bonchev–Trinajstić information content (AvgIpc) is 2.91. The topological polar surface area (TPSA) is 73.9 Å². The Hall–Kier alpha value is -3.19. The highest BCUT2D eigenvalue weighted by atomic mass is 32.2. The molecular weight excluding hydrogens is 486 g/mol. The minimum absolute atomic E-state index is 0.0489. The molecule has 4 rings (SSSR count). The molecule has 0 aromatic heterocycles. The van der Waals surface area contributed by atoms with Crippen molar-refractivity contribution in [1.82, 2.24) is 5.32 Å². The van der Waals surface area contributed by atoms with Crippen LogP contribution in [0, 0.1) is 0 Å². The van der Waals surface area contributed by atoms with Crippen molar-refractivity contribution in [3.8, 4) is 11.5 Å². The summed E-state index contributed by atoms with van der Waals surface area (Å²) in [6.07, 6.45) is 1.07. The molecule has 6 nitrogen and oxygen atoms in total. The molecule has 0 unspecified atom stereocenters. The third-order valence-corrected chi connectivity index (χ3v) is 7.69. The predicted octanol–water partition coefficient (Wildman–Crippen LogP) is 5.75. The average molecular weight is 522 g/mol. The molecule has 0 amide bonds. The summed E-state index contributed by atoms with van der Waals surface area (Å²) in [4.78, 5) is 27.1. The van der Waals surface area contributed by atoms with Crippen LogP contribution in [0.2, 0.25) is 0 Å². The van der Waals surface area contributed by atoms with E-state index in [0.717, 1.165) is 45.5 Å². The molecule has 2 aliphatic rings. The van der Waals surface area contributed by atoms with E-state index >= 15 is 0 Å². The van der Waals surface area contributed by atoms with Gasteiger partial charge in [0.2, 0.25) is 0 Å². The lowest BCUT2D eigenvalue weighted by Gasteiger charge is -2.36. The standard InChI is InChI=1S/C30H35NO5S/c1-5-35-24-13-9-21(10-14-24)28-27(30(33)36-15-16-37-6-2)19(3)31-25-17-22(18-26(32)29(25)28)20-7-11-23(34-4)12-8-20/h7-14,22,28,31H,5-6,15-18H2,1-4H3/t22-,28+/m0/s1. The number of Topliss-reactive ketones (excluding diaryl/α,β-unsaturated/α-hetero) is 1. The largest absolute Gasteiger partial charge is 0.497 e. The number of ketones is 1.